The average Bonchev–Trinajstić information content (AvgIpc) is 2.57. The van der Waals surface area contributed by atoms with Crippen molar-refractivity contribution in [3.05, 3.63) is 35.4 Å². The topological polar surface area (TPSA) is 167 Å². The maximum Gasteiger partial charge on any atom is 0.314 e. The maximum absolute atomic E-state index is 11.9. The summed E-state index contributed by atoms with van der Waals surface area (Å²) in [7, 11) is -8.11. The lowest BCUT2D eigenvalue weighted by Gasteiger charge is -2.28. The summed E-state index contributed by atoms with van der Waals surface area (Å²) in [5.41, 5.74) is 6.59. The molecule has 2 unspecified atom stereocenters. The number of hydrogen-bond acceptors (Lipinski definition) is 7. The van der Waals surface area contributed by atoms with Gasteiger partial charge in [0.25, 0.3) is 7.72 Å². The van der Waals surface area contributed by atoms with Gasteiger partial charge in [-0.15, -0.1) is 0 Å². The third kappa shape index (κ3) is 6.91. The molecule has 0 fully saturated rings. The first-order valence-corrected chi connectivity index (χ1v) is 11.8. The van der Waals surface area contributed by atoms with Crippen LogP contribution in [-0.2, 0) is 26.2 Å². The fourth-order valence-electron chi connectivity index (χ4n) is 2.66. The van der Waals surface area contributed by atoms with Gasteiger partial charge >= 0.3 is 5.97 Å². The average molecular weight is 421 g/mol. The van der Waals surface area contributed by atoms with Crippen LogP contribution in [0.4, 0.5) is 0 Å². The van der Waals surface area contributed by atoms with Gasteiger partial charge in [0.15, 0.2) is 5.78 Å². The van der Waals surface area contributed by atoms with Crippen LogP contribution >= 0.6 is 7.72 Å². The lowest BCUT2D eigenvalue weighted by molar-refractivity contribution is -0.138. The SMILES string of the molecule is CC(C)C(NS(=O)(=O)CC=O)[P+](O)(O)CC(C(=O)O)c1cccc(CN)c1. The molecule has 0 bridgehead atoms. The van der Waals surface area contributed by atoms with Crippen molar-refractivity contribution in [1.29, 1.82) is 0 Å². The highest BCUT2D eigenvalue weighted by Gasteiger charge is 2.50. The molecule has 0 amide bonds. The van der Waals surface area contributed by atoms with E-state index in [9.17, 15) is 32.9 Å². The van der Waals surface area contributed by atoms with Crippen LogP contribution in [0, 0.1) is 5.92 Å². The van der Waals surface area contributed by atoms with E-state index in [1.807, 2.05) is 0 Å². The maximum atomic E-state index is 11.9. The highest BCUT2D eigenvalue weighted by molar-refractivity contribution is 7.90. The smallest absolute Gasteiger partial charge is 0.314 e. The largest absolute Gasteiger partial charge is 0.481 e. The van der Waals surface area contributed by atoms with Crippen LogP contribution in [0.1, 0.15) is 30.9 Å². The Bertz CT molecular complexity index is 768. The molecule has 152 valence electrons. The third-order valence-electron chi connectivity index (χ3n) is 4.00. The molecule has 0 saturated carbocycles. The van der Waals surface area contributed by atoms with E-state index in [2.05, 4.69) is 4.72 Å². The number of aliphatic carboxylic acids is 1. The van der Waals surface area contributed by atoms with Crippen molar-refractivity contribution in [2.75, 3.05) is 11.9 Å². The van der Waals surface area contributed by atoms with Crippen LogP contribution in [0.15, 0.2) is 24.3 Å². The second-order valence-corrected chi connectivity index (χ2v) is 10.9. The number of carbonyl (C=O) groups excluding carboxylic acids is 1. The Balaban J connectivity index is 3.19. The van der Waals surface area contributed by atoms with Crippen molar-refractivity contribution < 1.29 is 32.9 Å². The molecule has 0 radical (unpaired) electrons. The number of hydrogen-bond donors (Lipinski definition) is 5. The molecule has 0 aromatic heterocycles. The lowest BCUT2D eigenvalue weighted by atomic mass is 9.99. The number of nitrogens with two attached hydrogens (primary N) is 1. The molecule has 0 aliphatic carbocycles. The molecule has 1 rings (SSSR count). The molecular weight excluding hydrogens is 395 g/mol. The molecule has 2 atom stereocenters. The Morgan fingerprint density at radius 1 is 1.33 bits per heavy atom. The Morgan fingerprint density at radius 2 is 1.96 bits per heavy atom. The molecule has 0 heterocycles. The third-order valence-corrected chi connectivity index (χ3v) is 7.88. The summed E-state index contributed by atoms with van der Waals surface area (Å²) in [5, 5.41) is 9.57. The Morgan fingerprint density at radius 3 is 2.44 bits per heavy atom. The Hall–Kier alpha value is -1.42. The van der Waals surface area contributed by atoms with Gasteiger partial charge in [-0.3, -0.25) is 4.79 Å². The Labute approximate surface area is 159 Å². The zero-order chi connectivity index (χ0) is 20.8. The van der Waals surface area contributed by atoms with E-state index in [0.29, 0.717) is 11.1 Å². The van der Waals surface area contributed by atoms with Crippen molar-refractivity contribution in [3.63, 3.8) is 0 Å². The van der Waals surface area contributed by atoms with Gasteiger partial charge in [-0.2, -0.15) is 4.72 Å². The molecule has 0 spiro atoms. The van der Waals surface area contributed by atoms with Crippen LogP contribution < -0.4 is 10.5 Å². The summed E-state index contributed by atoms with van der Waals surface area (Å²) in [4.78, 5) is 43.5. The number of aldehydes is 1. The van der Waals surface area contributed by atoms with Crippen LogP contribution in [0.5, 0.6) is 0 Å². The van der Waals surface area contributed by atoms with Gasteiger partial charge in [-0.05, 0) is 11.1 Å². The first kappa shape index (κ1) is 23.6. The minimum atomic E-state index is -4.06. The first-order valence-electron chi connectivity index (χ1n) is 8.22. The van der Waals surface area contributed by atoms with Crippen molar-refractivity contribution in [2.45, 2.75) is 32.1 Å². The van der Waals surface area contributed by atoms with E-state index in [0.717, 1.165) is 0 Å². The number of nitrogens with one attached hydrogen (secondary N) is 1. The van der Waals surface area contributed by atoms with Crippen molar-refractivity contribution in [1.82, 2.24) is 4.72 Å². The zero-order valence-corrected chi connectivity index (χ0v) is 16.9. The van der Waals surface area contributed by atoms with Crippen molar-refractivity contribution >= 4 is 30.0 Å². The zero-order valence-electron chi connectivity index (χ0n) is 15.1. The molecule has 6 N–H and O–H groups in total. The van der Waals surface area contributed by atoms with E-state index in [4.69, 9.17) is 5.73 Å². The number of sulfonamides is 1. The Kier molecular flexibility index (Phi) is 8.47. The molecule has 9 nitrogen and oxygen atoms in total. The van der Waals surface area contributed by atoms with Crippen LogP contribution in [0.3, 0.4) is 0 Å². The molecule has 27 heavy (non-hydrogen) atoms. The van der Waals surface area contributed by atoms with Gasteiger partial charge in [0.2, 0.25) is 10.0 Å². The van der Waals surface area contributed by atoms with Gasteiger partial charge in [0, 0.05) is 12.5 Å². The fourth-order valence-corrected chi connectivity index (χ4v) is 6.82. The monoisotopic (exact) mass is 421 g/mol. The van der Waals surface area contributed by atoms with E-state index in [1.54, 1.807) is 38.1 Å². The normalized spacial score (nSPS) is 14.7. The van der Waals surface area contributed by atoms with E-state index >= 15 is 0 Å². The van der Waals surface area contributed by atoms with Crippen LogP contribution in [-0.4, -0.2) is 53.3 Å². The quantitative estimate of drug-likeness (QED) is 0.250. The molecular formula is C16H26N2O7PS+. The van der Waals surface area contributed by atoms with Gasteiger partial charge in [0.1, 0.15) is 24.1 Å². The highest BCUT2D eigenvalue weighted by Crippen LogP contribution is 2.58. The fraction of sp³-hybridized carbons (Fsp3) is 0.500. The van der Waals surface area contributed by atoms with E-state index in [-0.39, 0.29) is 12.8 Å². The predicted octanol–water partition coefficient (Wildman–Crippen LogP) is 0.246. The van der Waals surface area contributed by atoms with Crippen molar-refractivity contribution in [2.24, 2.45) is 11.7 Å². The minimum absolute atomic E-state index is 0.187. The lowest BCUT2D eigenvalue weighted by Crippen LogP contribution is -2.43. The van der Waals surface area contributed by atoms with Gasteiger partial charge in [-0.1, -0.05) is 38.1 Å². The van der Waals surface area contributed by atoms with E-state index in [1.165, 1.54) is 0 Å². The summed E-state index contributed by atoms with van der Waals surface area (Å²) in [5.74, 6) is -5.19. The van der Waals surface area contributed by atoms with Crippen molar-refractivity contribution in [3.8, 4) is 0 Å². The molecule has 0 aliphatic rings. The summed E-state index contributed by atoms with van der Waals surface area (Å²) in [6, 6.07) is 6.45. The summed E-state index contributed by atoms with van der Waals surface area (Å²) in [6.07, 6.45) is -0.365. The standard InChI is InChI=1S/C16H25N2O7PS/c1-11(2)15(18-27(24,25)7-6-19)26(22,23)10-14(16(20)21)13-5-3-4-12(8-13)9-17/h3-6,8,11,14-15,18,22-23H,7,9-10,17H2,1-2H3/p+1. The number of carbonyl (C=O) groups is 2. The molecule has 0 aliphatic heterocycles. The molecule has 1 aromatic carbocycles. The number of benzene rings is 1. The summed E-state index contributed by atoms with van der Waals surface area (Å²) in [6.45, 7) is 3.33. The second-order valence-electron chi connectivity index (χ2n) is 6.56. The van der Waals surface area contributed by atoms with Gasteiger partial charge in [0.05, 0.1) is 0 Å². The number of carboxylic acid groups (broad SMARTS) is 1. The highest BCUT2D eigenvalue weighted by atomic mass is 32.2. The van der Waals surface area contributed by atoms with Gasteiger partial charge in [-0.25, -0.2) is 18.2 Å². The van der Waals surface area contributed by atoms with Crippen LogP contribution in [0.2, 0.25) is 0 Å². The van der Waals surface area contributed by atoms with E-state index < -0.39 is 53.2 Å². The molecule has 0 saturated heterocycles. The minimum Gasteiger partial charge on any atom is -0.481 e. The number of carboxylic acids is 1. The second kappa shape index (κ2) is 9.68. The molecule has 11 heteroatoms. The predicted molar refractivity (Wildman–Crippen MR) is 103 cm³/mol. The number of rotatable bonds is 11. The summed E-state index contributed by atoms with van der Waals surface area (Å²) < 4.78 is 25.9. The van der Waals surface area contributed by atoms with Gasteiger partial charge < -0.3 is 15.6 Å². The summed E-state index contributed by atoms with van der Waals surface area (Å²) >= 11 is 0. The first-order chi connectivity index (χ1) is 12.4. The molecule has 1 aromatic rings. The van der Waals surface area contributed by atoms with Crippen LogP contribution in [0.25, 0.3) is 0 Å².